The Morgan fingerprint density at radius 3 is 2.06 bits per heavy atom. The van der Waals surface area contributed by atoms with Crippen molar-refractivity contribution in [3.05, 3.63) is 22.8 Å². The zero-order valence-electron chi connectivity index (χ0n) is 9.82. The standard InChI is InChI=1S/C10H17N3O2S/c1-7-9(4-5-11)8(2)13-10(12-7)6-16(3,14)15/h4-6,11H2,1-3H3. The van der Waals surface area contributed by atoms with Gasteiger partial charge in [0.25, 0.3) is 0 Å². The Hall–Kier alpha value is -1.01. The molecule has 6 heteroatoms. The topological polar surface area (TPSA) is 85.9 Å². The van der Waals surface area contributed by atoms with Crippen molar-refractivity contribution in [1.29, 1.82) is 0 Å². The van der Waals surface area contributed by atoms with Crippen molar-refractivity contribution in [2.24, 2.45) is 5.73 Å². The van der Waals surface area contributed by atoms with Crippen molar-refractivity contribution in [2.75, 3.05) is 12.8 Å². The second kappa shape index (κ2) is 4.88. The van der Waals surface area contributed by atoms with Gasteiger partial charge in [-0.2, -0.15) is 0 Å². The molecule has 0 spiro atoms. The molecule has 0 saturated carbocycles. The summed E-state index contributed by atoms with van der Waals surface area (Å²) in [5.41, 5.74) is 8.13. The van der Waals surface area contributed by atoms with E-state index in [1.54, 1.807) is 0 Å². The van der Waals surface area contributed by atoms with E-state index in [1.165, 1.54) is 6.26 Å². The van der Waals surface area contributed by atoms with Gasteiger partial charge in [-0.1, -0.05) is 0 Å². The molecule has 0 atom stereocenters. The summed E-state index contributed by atoms with van der Waals surface area (Å²) in [5.74, 6) is 0.246. The van der Waals surface area contributed by atoms with E-state index in [2.05, 4.69) is 9.97 Å². The van der Waals surface area contributed by atoms with Gasteiger partial charge in [0.15, 0.2) is 9.84 Å². The Balaban J connectivity index is 3.09. The Morgan fingerprint density at radius 1 is 1.19 bits per heavy atom. The number of aryl methyl sites for hydroxylation is 2. The van der Waals surface area contributed by atoms with E-state index in [9.17, 15) is 8.42 Å². The number of hydrogen-bond donors (Lipinski definition) is 1. The lowest BCUT2D eigenvalue weighted by Crippen LogP contribution is -2.12. The summed E-state index contributed by atoms with van der Waals surface area (Å²) in [7, 11) is -3.09. The molecule has 90 valence electrons. The molecule has 0 unspecified atom stereocenters. The molecule has 0 amide bonds. The lowest BCUT2D eigenvalue weighted by Gasteiger charge is -2.09. The van der Waals surface area contributed by atoms with Gasteiger partial charge in [-0.05, 0) is 32.4 Å². The molecule has 1 aromatic heterocycles. The third-order valence-electron chi connectivity index (χ3n) is 2.25. The normalized spacial score (nSPS) is 11.8. The summed E-state index contributed by atoms with van der Waals surface area (Å²) >= 11 is 0. The fourth-order valence-corrected chi connectivity index (χ4v) is 2.21. The second-order valence-corrected chi connectivity index (χ2v) is 6.04. The second-order valence-electron chi connectivity index (χ2n) is 3.90. The third kappa shape index (κ3) is 3.53. The lowest BCUT2D eigenvalue weighted by molar-refractivity contribution is 0.599. The molecule has 2 N–H and O–H groups in total. The zero-order chi connectivity index (χ0) is 12.3. The maximum absolute atomic E-state index is 11.1. The van der Waals surface area contributed by atoms with Crippen molar-refractivity contribution in [3.63, 3.8) is 0 Å². The first-order valence-electron chi connectivity index (χ1n) is 5.04. The summed E-state index contributed by atoms with van der Waals surface area (Å²) in [4.78, 5) is 8.38. The van der Waals surface area contributed by atoms with Gasteiger partial charge >= 0.3 is 0 Å². The van der Waals surface area contributed by atoms with Crippen molar-refractivity contribution in [2.45, 2.75) is 26.0 Å². The molecule has 0 aromatic carbocycles. The minimum absolute atomic E-state index is 0.114. The number of aromatic nitrogens is 2. The number of rotatable bonds is 4. The van der Waals surface area contributed by atoms with Crippen LogP contribution in [0.1, 0.15) is 22.8 Å². The molecule has 1 rings (SSSR count). The molecule has 0 saturated heterocycles. The molecule has 0 aliphatic heterocycles. The molecule has 0 fully saturated rings. The zero-order valence-corrected chi connectivity index (χ0v) is 10.6. The highest BCUT2D eigenvalue weighted by Crippen LogP contribution is 2.11. The molecule has 1 aromatic rings. The number of nitrogens with two attached hydrogens (primary N) is 1. The quantitative estimate of drug-likeness (QED) is 0.813. The van der Waals surface area contributed by atoms with E-state index in [1.807, 2.05) is 13.8 Å². The summed E-state index contributed by atoms with van der Waals surface area (Å²) in [6.45, 7) is 4.24. The first-order chi connectivity index (χ1) is 7.33. The fraction of sp³-hybridized carbons (Fsp3) is 0.600. The largest absolute Gasteiger partial charge is 0.330 e. The van der Waals surface area contributed by atoms with Gasteiger partial charge in [0, 0.05) is 17.6 Å². The molecule has 0 bridgehead atoms. The van der Waals surface area contributed by atoms with E-state index < -0.39 is 9.84 Å². The average Bonchev–Trinajstić information content (AvgIpc) is 2.08. The van der Waals surface area contributed by atoms with Crippen molar-refractivity contribution < 1.29 is 8.42 Å². The minimum atomic E-state index is -3.09. The van der Waals surface area contributed by atoms with Crippen LogP contribution in [-0.2, 0) is 22.0 Å². The molecule has 1 heterocycles. The Kier molecular flexibility index (Phi) is 3.98. The van der Waals surface area contributed by atoms with Crippen LogP contribution < -0.4 is 5.73 Å². The van der Waals surface area contributed by atoms with Crippen LogP contribution >= 0.6 is 0 Å². The van der Waals surface area contributed by atoms with Crippen LogP contribution in [0.2, 0.25) is 0 Å². The highest BCUT2D eigenvalue weighted by Gasteiger charge is 2.11. The van der Waals surface area contributed by atoms with Gasteiger partial charge in [-0.25, -0.2) is 18.4 Å². The highest BCUT2D eigenvalue weighted by atomic mass is 32.2. The first kappa shape index (κ1) is 13.1. The molecular formula is C10H17N3O2S. The predicted octanol–water partition coefficient (Wildman–Crippen LogP) is 0.139. The van der Waals surface area contributed by atoms with Gasteiger partial charge in [0.1, 0.15) is 11.6 Å². The van der Waals surface area contributed by atoms with Gasteiger partial charge < -0.3 is 5.73 Å². The molecular weight excluding hydrogens is 226 g/mol. The van der Waals surface area contributed by atoms with Gasteiger partial charge in [0.05, 0.1) is 0 Å². The van der Waals surface area contributed by atoms with Crippen molar-refractivity contribution in [1.82, 2.24) is 9.97 Å². The van der Waals surface area contributed by atoms with E-state index >= 15 is 0 Å². The van der Waals surface area contributed by atoms with Crippen LogP contribution in [0.5, 0.6) is 0 Å². The van der Waals surface area contributed by atoms with Crippen LogP contribution in [0.4, 0.5) is 0 Å². The van der Waals surface area contributed by atoms with E-state index in [-0.39, 0.29) is 5.75 Å². The van der Waals surface area contributed by atoms with Crippen molar-refractivity contribution in [3.8, 4) is 0 Å². The number of sulfone groups is 1. The van der Waals surface area contributed by atoms with Crippen LogP contribution in [0.15, 0.2) is 0 Å². The van der Waals surface area contributed by atoms with Crippen LogP contribution in [0.3, 0.4) is 0 Å². The fourth-order valence-electron chi connectivity index (χ4n) is 1.61. The van der Waals surface area contributed by atoms with Crippen LogP contribution in [-0.4, -0.2) is 31.2 Å². The van der Waals surface area contributed by atoms with E-state index in [0.29, 0.717) is 12.4 Å². The first-order valence-corrected chi connectivity index (χ1v) is 7.10. The maximum atomic E-state index is 11.1. The van der Waals surface area contributed by atoms with Gasteiger partial charge in [-0.3, -0.25) is 0 Å². The van der Waals surface area contributed by atoms with Crippen molar-refractivity contribution >= 4 is 9.84 Å². The highest BCUT2D eigenvalue weighted by molar-refractivity contribution is 7.89. The smallest absolute Gasteiger partial charge is 0.154 e. The Labute approximate surface area is 96.0 Å². The monoisotopic (exact) mass is 243 g/mol. The average molecular weight is 243 g/mol. The SMILES string of the molecule is Cc1nc(CS(C)(=O)=O)nc(C)c1CCN. The number of hydrogen-bond acceptors (Lipinski definition) is 5. The van der Waals surface area contributed by atoms with Gasteiger partial charge in [-0.15, -0.1) is 0 Å². The molecule has 5 nitrogen and oxygen atoms in total. The van der Waals surface area contributed by atoms with Crippen LogP contribution in [0, 0.1) is 13.8 Å². The summed E-state index contributed by atoms with van der Waals surface area (Å²) in [6, 6.07) is 0. The van der Waals surface area contributed by atoms with E-state index in [4.69, 9.17) is 5.73 Å². The summed E-state index contributed by atoms with van der Waals surface area (Å²) in [6.07, 6.45) is 1.89. The predicted molar refractivity (Wildman–Crippen MR) is 62.8 cm³/mol. The number of nitrogens with zero attached hydrogens (tertiary/aromatic N) is 2. The summed E-state index contributed by atoms with van der Waals surface area (Å²) < 4.78 is 22.3. The lowest BCUT2D eigenvalue weighted by atomic mass is 10.1. The molecule has 16 heavy (non-hydrogen) atoms. The van der Waals surface area contributed by atoms with Crippen LogP contribution in [0.25, 0.3) is 0 Å². The van der Waals surface area contributed by atoms with Gasteiger partial charge in [0.2, 0.25) is 0 Å². The van der Waals surface area contributed by atoms with E-state index in [0.717, 1.165) is 23.4 Å². The molecule has 0 radical (unpaired) electrons. The maximum Gasteiger partial charge on any atom is 0.154 e. The molecule has 0 aliphatic rings. The minimum Gasteiger partial charge on any atom is -0.330 e. The summed E-state index contributed by atoms with van der Waals surface area (Å²) in [5, 5.41) is 0. The third-order valence-corrected chi connectivity index (χ3v) is 3.04. The Morgan fingerprint density at radius 2 is 1.69 bits per heavy atom. The molecule has 0 aliphatic carbocycles. The Bertz CT molecular complexity index is 460.